The smallest absolute Gasteiger partial charge is 0.339 e. The number of esters is 1. The van der Waals surface area contributed by atoms with E-state index in [1.165, 1.54) is 12.7 Å². The summed E-state index contributed by atoms with van der Waals surface area (Å²) < 4.78 is 4.87. The first-order valence-corrected chi connectivity index (χ1v) is 9.55. The molecule has 150 valence electrons. The van der Waals surface area contributed by atoms with E-state index in [4.69, 9.17) is 4.74 Å². The zero-order chi connectivity index (χ0) is 21.0. The average molecular weight is 390 g/mol. The Kier molecular flexibility index (Phi) is 6.12. The van der Waals surface area contributed by atoms with Crippen molar-refractivity contribution >= 4 is 29.1 Å². The minimum atomic E-state index is -0.404. The van der Waals surface area contributed by atoms with Gasteiger partial charge in [-0.25, -0.2) is 9.78 Å². The molecular formula is C23H26N4O2. The highest BCUT2D eigenvalue weighted by atomic mass is 16.5. The Labute approximate surface area is 171 Å². The third-order valence-corrected chi connectivity index (χ3v) is 4.61. The summed E-state index contributed by atoms with van der Waals surface area (Å²) in [5.41, 5.74) is 5.24. The van der Waals surface area contributed by atoms with Crippen LogP contribution in [0.3, 0.4) is 0 Å². The highest BCUT2D eigenvalue weighted by molar-refractivity contribution is 5.96. The summed E-state index contributed by atoms with van der Waals surface area (Å²) in [4.78, 5) is 21.2. The zero-order valence-electron chi connectivity index (χ0n) is 17.4. The van der Waals surface area contributed by atoms with Gasteiger partial charge in [0.15, 0.2) is 0 Å². The first-order valence-electron chi connectivity index (χ1n) is 9.55. The van der Waals surface area contributed by atoms with Crippen LogP contribution < -0.4 is 10.6 Å². The topological polar surface area (TPSA) is 76.1 Å². The fraction of sp³-hybridized carbons (Fsp3) is 0.261. The van der Waals surface area contributed by atoms with Crippen molar-refractivity contribution < 1.29 is 9.53 Å². The fourth-order valence-electron chi connectivity index (χ4n) is 3.16. The fourth-order valence-corrected chi connectivity index (χ4v) is 3.16. The molecule has 0 amide bonds. The number of hydrogen-bond acceptors (Lipinski definition) is 6. The molecule has 2 aromatic carbocycles. The molecule has 0 bridgehead atoms. The number of anilines is 4. The lowest BCUT2D eigenvalue weighted by atomic mass is 9.98. The molecule has 1 heterocycles. The summed E-state index contributed by atoms with van der Waals surface area (Å²) in [7, 11) is 1.37. The van der Waals surface area contributed by atoms with Gasteiger partial charge < -0.3 is 15.4 Å². The van der Waals surface area contributed by atoms with Gasteiger partial charge in [-0.3, -0.25) is 0 Å². The molecule has 29 heavy (non-hydrogen) atoms. The number of carbonyl (C=O) groups excluding carboxylic acids is 1. The predicted octanol–water partition coefficient (Wildman–Crippen LogP) is 5.49. The molecule has 2 N–H and O–H groups in total. The van der Waals surface area contributed by atoms with E-state index < -0.39 is 5.97 Å². The molecule has 0 fully saturated rings. The van der Waals surface area contributed by atoms with Crippen LogP contribution in [0.25, 0.3) is 0 Å². The Balaban J connectivity index is 1.94. The minimum absolute atomic E-state index is 0.367. The van der Waals surface area contributed by atoms with Crippen LogP contribution in [-0.4, -0.2) is 23.0 Å². The van der Waals surface area contributed by atoms with Crippen LogP contribution in [-0.2, 0) is 4.74 Å². The standard InChI is InChI=1S/C23H26N4O2/c1-14(2)17-11-8-9-15(3)21(17)27-23-24-16(4)13-20(26-23)25-19-12-7-6-10-18(19)22(28)29-5/h6-14H,1-5H3,(H2,24,25,26,27). The van der Waals surface area contributed by atoms with E-state index in [0.717, 1.165) is 16.9 Å². The summed E-state index contributed by atoms with van der Waals surface area (Å²) in [6, 6.07) is 15.2. The van der Waals surface area contributed by atoms with Crippen molar-refractivity contribution in [3.63, 3.8) is 0 Å². The second-order valence-electron chi connectivity index (χ2n) is 7.20. The van der Waals surface area contributed by atoms with Gasteiger partial charge in [-0.15, -0.1) is 0 Å². The summed E-state index contributed by atoms with van der Waals surface area (Å²) >= 11 is 0. The van der Waals surface area contributed by atoms with Crippen LogP contribution in [0.4, 0.5) is 23.1 Å². The number of benzene rings is 2. The van der Waals surface area contributed by atoms with E-state index in [0.29, 0.717) is 28.9 Å². The third-order valence-electron chi connectivity index (χ3n) is 4.61. The first-order chi connectivity index (χ1) is 13.9. The highest BCUT2D eigenvalue weighted by Crippen LogP contribution is 2.30. The van der Waals surface area contributed by atoms with Crippen LogP contribution in [0, 0.1) is 13.8 Å². The van der Waals surface area contributed by atoms with Gasteiger partial charge in [0.1, 0.15) is 5.82 Å². The molecular weight excluding hydrogens is 364 g/mol. The van der Waals surface area contributed by atoms with E-state index in [1.54, 1.807) is 12.1 Å². The first kappa shape index (κ1) is 20.3. The van der Waals surface area contributed by atoms with E-state index in [2.05, 4.69) is 59.6 Å². The Morgan fingerprint density at radius 1 is 1.00 bits per heavy atom. The zero-order valence-corrected chi connectivity index (χ0v) is 17.4. The Bertz CT molecular complexity index is 1030. The summed E-state index contributed by atoms with van der Waals surface area (Å²) in [5, 5.41) is 6.60. The summed E-state index contributed by atoms with van der Waals surface area (Å²) in [5.74, 6) is 1.06. The van der Waals surface area contributed by atoms with Gasteiger partial charge in [0.2, 0.25) is 5.95 Å². The molecule has 6 nitrogen and oxygen atoms in total. The molecule has 0 atom stereocenters. The van der Waals surface area contributed by atoms with E-state index in [-0.39, 0.29) is 0 Å². The van der Waals surface area contributed by atoms with Crippen molar-refractivity contribution in [2.75, 3.05) is 17.7 Å². The number of rotatable bonds is 6. The van der Waals surface area contributed by atoms with Crippen molar-refractivity contribution in [1.82, 2.24) is 9.97 Å². The molecule has 0 radical (unpaired) electrons. The van der Waals surface area contributed by atoms with Gasteiger partial charge in [-0.2, -0.15) is 4.98 Å². The maximum Gasteiger partial charge on any atom is 0.339 e. The molecule has 1 aromatic heterocycles. The van der Waals surface area contributed by atoms with Crippen molar-refractivity contribution in [2.45, 2.75) is 33.6 Å². The van der Waals surface area contributed by atoms with Gasteiger partial charge in [0.05, 0.1) is 18.4 Å². The SMILES string of the molecule is COC(=O)c1ccccc1Nc1cc(C)nc(Nc2c(C)cccc2C(C)C)n1. The van der Waals surface area contributed by atoms with Crippen LogP contribution in [0.5, 0.6) is 0 Å². The molecule has 6 heteroatoms. The van der Waals surface area contributed by atoms with Crippen LogP contribution in [0.15, 0.2) is 48.5 Å². The Hall–Kier alpha value is -3.41. The molecule has 0 spiro atoms. The lowest BCUT2D eigenvalue weighted by molar-refractivity contribution is 0.0602. The second-order valence-corrected chi connectivity index (χ2v) is 7.20. The molecule has 3 aromatic rings. The van der Waals surface area contributed by atoms with Crippen molar-refractivity contribution in [1.29, 1.82) is 0 Å². The number of carbonyl (C=O) groups is 1. The number of para-hydroxylation sites is 2. The third kappa shape index (κ3) is 4.71. The quantitative estimate of drug-likeness (QED) is 0.542. The van der Waals surface area contributed by atoms with Gasteiger partial charge in [-0.1, -0.05) is 44.2 Å². The summed E-state index contributed by atoms with van der Waals surface area (Å²) in [6.45, 7) is 8.29. The summed E-state index contributed by atoms with van der Waals surface area (Å²) in [6.07, 6.45) is 0. The number of ether oxygens (including phenoxy) is 1. The van der Waals surface area contributed by atoms with Gasteiger partial charge in [0.25, 0.3) is 0 Å². The molecule has 0 unspecified atom stereocenters. The van der Waals surface area contributed by atoms with Crippen LogP contribution >= 0.6 is 0 Å². The lowest BCUT2D eigenvalue weighted by Gasteiger charge is -2.17. The molecule has 0 aliphatic carbocycles. The predicted molar refractivity (Wildman–Crippen MR) is 116 cm³/mol. The maximum atomic E-state index is 12.0. The molecule has 0 aliphatic rings. The van der Waals surface area contributed by atoms with Crippen molar-refractivity contribution in [2.24, 2.45) is 0 Å². The molecule has 0 aliphatic heterocycles. The van der Waals surface area contributed by atoms with Crippen molar-refractivity contribution in [3.05, 3.63) is 70.9 Å². The maximum absolute atomic E-state index is 12.0. The minimum Gasteiger partial charge on any atom is -0.465 e. The number of nitrogens with zero attached hydrogens (tertiary/aromatic N) is 2. The average Bonchev–Trinajstić information content (AvgIpc) is 2.68. The number of nitrogens with one attached hydrogen (secondary N) is 2. The number of aromatic nitrogens is 2. The number of hydrogen-bond donors (Lipinski definition) is 2. The van der Waals surface area contributed by atoms with Gasteiger partial charge >= 0.3 is 5.97 Å². The Morgan fingerprint density at radius 3 is 2.48 bits per heavy atom. The van der Waals surface area contributed by atoms with E-state index in [1.807, 2.05) is 25.1 Å². The molecule has 0 saturated heterocycles. The van der Waals surface area contributed by atoms with Crippen molar-refractivity contribution in [3.8, 4) is 0 Å². The van der Waals surface area contributed by atoms with Crippen LogP contribution in [0.1, 0.15) is 46.9 Å². The Morgan fingerprint density at radius 2 is 1.76 bits per heavy atom. The monoisotopic (exact) mass is 390 g/mol. The van der Waals surface area contributed by atoms with Gasteiger partial charge in [0, 0.05) is 17.4 Å². The highest BCUT2D eigenvalue weighted by Gasteiger charge is 2.14. The lowest BCUT2D eigenvalue weighted by Crippen LogP contribution is -2.08. The molecule has 0 saturated carbocycles. The second kappa shape index (κ2) is 8.73. The van der Waals surface area contributed by atoms with E-state index >= 15 is 0 Å². The molecule has 3 rings (SSSR count). The van der Waals surface area contributed by atoms with Crippen LogP contribution in [0.2, 0.25) is 0 Å². The normalized spacial score (nSPS) is 10.7. The number of methoxy groups -OCH3 is 1. The van der Waals surface area contributed by atoms with E-state index in [9.17, 15) is 4.79 Å². The number of aryl methyl sites for hydroxylation is 2. The van der Waals surface area contributed by atoms with Gasteiger partial charge in [-0.05, 0) is 43.0 Å². The largest absolute Gasteiger partial charge is 0.465 e.